The van der Waals surface area contributed by atoms with E-state index in [0.717, 1.165) is 18.0 Å². The number of hydrogen-bond acceptors (Lipinski definition) is 4. The Hall–Kier alpha value is -1.29. The van der Waals surface area contributed by atoms with Gasteiger partial charge in [0.1, 0.15) is 17.5 Å². The molecule has 0 spiro atoms. The molecular weight excluding hydrogens is 192 g/mol. The fourth-order valence-corrected chi connectivity index (χ4v) is 1.62. The van der Waals surface area contributed by atoms with Crippen LogP contribution in [-0.4, -0.2) is 22.7 Å². The summed E-state index contributed by atoms with van der Waals surface area (Å²) in [5.74, 6) is 1.27. The van der Waals surface area contributed by atoms with Gasteiger partial charge >= 0.3 is 0 Å². The van der Waals surface area contributed by atoms with E-state index in [1.165, 1.54) is 0 Å². The van der Waals surface area contributed by atoms with Crippen LogP contribution in [0.15, 0.2) is 12.1 Å². The molecule has 0 saturated carbocycles. The molecule has 1 aromatic rings. The molecule has 2 N–H and O–H groups in total. The van der Waals surface area contributed by atoms with E-state index >= 15 is 0 Å². The van der Waals surface area contributed by atoms with Crippen LogP contribution in [-0.2, 0) is 6.54 Å². The van der Waals surface area contributed by atoms with E-state index in [1.54, 1.807) is 12.1 Å². The summed E-state index contributed by atoms with van der Waals surface area (Å²) in [6.45, 7) is 5.72. The van der Waals surface area contributed by atoms with Crippen molar-refractivity contribution >= 4 is 0 Å². The van der Waals surface area contributed by atoms with Gasteiger partial charge in [-0.1, -0.05) is 13.8 Å². The number of rotatable bonds is 1. The van der Waals surface area contributed by atoms with Crippen LogP contribution >= 0.6 is 0 Å². The SMILES string of the molecule is CC(C)[C@@H]1CNCc2nc(O)ccc2O1. The standard InChI is InChI=1S/C11H16N2O2/c1-7(2)10-6-12-5-8-9(15-10)3-4-11(14)13-8/h3-4,7,10,12H,5-6H2,1-2H3,(H,13,14)/t10-/m0/s1. The number of pyridine rings is 1. The molecule has 4 nitrogen and oxygen atoms in total. The highest BCUT2D eigenvalue weighted by Crippen LogP contribution is 2.24. The average Bonchev–Trinajstić information content (AvgIpc) is 2.39. The summed E-state index contributed by atoms with van der Waals surface area (Å²) in [5.41, 5.74) is 0.776. The molecule has 2 heterocycles. The lowest BCUT2D eigenvalue weighted by Crippen LogP contribution is -2.32. The average molecular weight is 208 g/mol. The molecule has 0 bridgehead atoms. The lowest BCUT2D eigenvalue weighted by molar-refractivity contribution is 0.155. The molecule has 1 atom stereocenters. The fourth-order valence-electron chi connectivity index (χ4n) is 1.62. The maximum absolute atomic E-state index is 9.26. The van der Waals surface area contributed by atoms with Gasteiger partial charge in [0, 0.05) is 19.2 Å². The maximum atomic E-state index is 9.26. The molecule has 0 aromatic carbocycles. The molecule has 0 saturated heterocycles. The van der Waals surface area contributed by atoms with Gasteiger partial charge in [0.25, 0.3) is 0 Å². The second-order valence-electron chi connectivity index (χ2n) is 4.15. The third-order valence-electron chi connectivity index (χ3n) is 2.58. The summed E-state index contributed by atoms with van der Waals surface area (Å²) in [4.78, 5) is 4.04. The molecular formula is C11H16N2O2. The number of nitrogens with one attached hydrogen (secondary N) is 1. The van der Waals surface area contributed by atoms with Gasteiger partial charge < -0.3 is 15.2 Å². The summed E-state index contributed by atoms with van der Waals surface area (Å²) < 4.78 is 5.84. The maximum Gasteiger partial charge on any atom is 0.211 e. The summed E-state index contributed by atoms with van der Waals surface area (Å²) >= 11 is 0. The van der Waals surface area contributed by atoms with Crippen LogP contribution in [0.2, 0.25) is 0 Å². The molecule has 0 aliphatic carbocycles. The molecule has 82 valence electrons. The van der Waals surface area contributed by atoms with Crippen molar-refractivity contribution in [3.63, 3.8) is 0 Å². The van der Waals surface area contributed by atoms with Crippen molar-refractivity contribution in [2.75, 3.05) is 6.54 Å². The zero-order valence-electron chi connectivity index (χ0n) is 9.03. The molecule has 1 aromatic heterocycles. The van der Waals surface area contributed by atoms with Crippen LogP contribution in [0.1, 0.15) is 19.5 Å². The van der Waals surface area contributed by atoms with E-state index in [1.807, 2.05) is 0 Å². The summed E-state index contributed by atoms with van der Waals surface area (Å²) in [5, 5.41) is 12.5. The summed E-state index contributed by atoms with van der Waals surface area (Å²) in [7, 11) is 0. The third-order valence-corrected chi connectivity index (χ3v) is 2.58. The first kappa shape index (κ1) is 10.2. The number of nitrogens with zero attached hydrogens (tertiary/aromatic N) is 1. The largest absolute Gasteiger partial charge is 0.493 e. The minimum absolute atomic E-state index is 0.0437. The Balaban J connectivity index is 2.26. The van der Waals surface area contributed by atoms with E-state index in [9.17, 15) is 5.11 Å². The first-order valence-corrected chi connectivity index (χ1v) is 5.23. The lowest BCUT2D eigenvalue weighted by atomic mass is 10.1. The molecule has 4 heteroatoms. The highest BCUT2D eigenvalue weighted by molar-refractivity contribution is 5.32. The number of aromatic nitrogens is 1. The van der Waals surface area contributed by atoms with Gasteiger partial charge in [0.05, 0.1) is 0 Å². The van der Waals surface area contributed by atoms with Gasteiger partial charge in [-0.3, -0.25) is 0 Å². The number of aromatic hydroxyl groups is 1. The number of ether oxygens (including phenoxy) is 1. The Morgan fingerprint density at radius 3 is 3.07 bits per heavy atom. The Labute approximate surface area is 89.3 Å². The Morgan fingerprint density at radius 1 is 1.53 bits per heavy atom. The molecule has 0 fully saturated rings. The van der Waals surface area contributed by atoms with Gasteiger partial charge in [-0.15, -0.1) is 0 Å². The van der Waals surface area contributed by atoms with Gasteiger partial charge in [0.15, 0.2) is 0 Å². The van der Waals surface area contributed by atoms with Crippen LogP contribution in [0.25, 0.3) is 0 Å². The third kappa shape index (κ3) is 2.21. The van der Waals surface area contributed by atoms with Crippen LogP contribution < -0.4 is 10.1 Å². The quantitative estimate of drug-likeness (QED) is 0.730. The van der Waals surface area contributed by atoms with Crippen molar-refractivity contribution in [1.29, 1.82) is 0 Å². The highest BCUT2D eigenvalue weighted by Gasteiger charge is 2.20. The molecule has 1 aliphatic heterocycles. The van der Waals surface area contributed by atoms with Gasteiger partial charge in [0.2, 0.25) is 5.88 Å². The molecule has 2 rings (SSSR count). The Bertz CT molecular complexity index is 352. The predicted molar refractivity (Wildman–Crippen MR) is 56.9 cm³/mol. The van der Waals surface area contributed by atoms with Crippen molar-refractivity contribution in [3.05, 3.63) is 17.8 Å². The van der Waals surface area contributed by atoms with Crippen molar-refractivity contribution < 1.29 is 9.84 Å². The molecule has 0 amide bonds. The van der Waals surface area contributed by atoms with Crippen molar-refractivity contribution in [2.24, 2.45) is 5.92 Å². The molecule has 0 unspecified atom stereocenters. The first-order valence-electron chi connectivity index (χ1n) is 5.23. The topological polar surface area (TPSA) is 54.4 Å². The minimum Gasteiger partial charge on any atom is -0.493 e. The monoisotopic (exact) mass is 208 g/mol. The Morgan fingerprint density at radius 2 is 2.33 bits per heavy atom. The number of fused-ring (bicyclic) bond motifs is 1. The second kappa shape index (κ2) is 4.06. The second-order valence-corrected chi connectivity index (χ2v) is 4.15. The zero-order chi connectivity index (χ0) is 10.8. The van der Waals surface area contributed by atoms with E-state index in [-0.39, 0.29) is 12.0 Å². The molecule has 1 aliphatic rings. The highest BCUT2D eigenvalue weighted by atomic mass is 16.5. The van der Waals surface area contributed by atoms with Crippen LogP contribution in [0.4, 0.5) is 0 Å². The number of hydrogen-bond donors (Lipinski definition) is 2. The van der Waals surface area contributed by atoms with Crippen molar-refractivity contribution in [2.45, 2.75) is 26.5 Å². The van der Waals surface area contributed by atoms with E-state index < -0.39 is 0 Å². The van der Waals surface area contributed by atoms with Crippen LogP contribution in [0, 0.1) is 5.92 Å². The van der Waals surface area contributed by atoms with Gasteiger partial charge in [-0.25, -0.2) is 4.98 Å². The summed E-state index contributed by atoms with van der Waals surface area (Å²) in [6.07, 6.45) is 0.164. The van der Waals surface area contributed by atoms with E-state index in [4.69, 9.17) is 4.74 Å². The van der Waals surface area contributed by atoms with E-state index in [0.29, 0.717) is 12.5 Å². The molecule has 15 heavy (non-hydrogen) atoms. The first-order chi connectivity index (χ1) is 7.16. The minimum atomic E-state index is 0.0437. The summed E-state index contributed by atoms with van der Waals surface area (Å²) in [6, 6.07) is 3.33. The van der Waals surface area contributed by atoms with Crippen molar-refractivity contribution in [1.82, 2.24) is 10.3 Å². The lowest BCUT2D eigenvalue weighted by Gasteiger charge is -2.20. The van der Waals surface area contributed by atoms with Gasteiger partial charge in [-0.2, -0.15) is 0 Å². The normalized spacial score (nSPS) is 20.6. The Kier molecular flexibility index (Phi) is 2.77. The van der Waals surface area contributed by atoms with Crippen LogP contribution in [0.3, 0.4) is 0 Å². The predicted octanol–water partition coefficient (Wildman–Crippen LogP) is 1.29. The van der Waals surface area contributed by atoms with E-state index in [2.05, 4.69) is 24.1 Å². The van der Waals surface area contributed by atoms with Crippen LogP contribution in [0.5, 0.6) is 11.6 Å². The zero-order valence-corrected chi connectivity index (χ0v) is 9.03. The fraction of sp³-hybridized carbons (Fsp3) is 0.545. The van der Waals surface area contributed by atoms with Gasteiger partial charge in [-0.05, 0) is 12.0 Å². The van der Waals surface area contributed by atoms with Crippen molar-refractivity contribution in [3.8, 4) is 11.6 Å². The smallest absolute Gasteiger partial charge is 0.211 e. The molecule has 0 radical (unpaired) electrons.